The number of amides is 3. The first kappa shape index (κ1) is 26.5. The van der Waals surface area contributed by atoms with Crippen molar-refractivity contribution in [1.29, 1.82) is 0 Å². The zero-order chi connectivity index (χ0) is 25.3. The highest BCUT2D eigenvalue weighted by atomic mass is 16.4. The molecule has 12 nitrogen and oxygen atoms in total. The number of aliphatic carboxylic acids is 1. The summed E-state index contributed by atoms with van der Waals surface area (Å²) in [7, 11) is 0. The minimum absolute atomic E-state index is 0.0601. The van der Waals surface area contributed by atoms with Crippen LogP contribution in [0.1, 0.15) is 25.1 Å². The summed E-state index contributed by atoms with van der Waals surface area (Å²) >= 11 is 0. The zero-order valence-corrected chi connectivity index (χ0v) is 18.9. The van der Waals surface area contributed by atoms with Gasteiger partial charge in [-0.05, 0) is 19.4 Å². The molecule has 5 atom stereocenters. The molecule has 34 heavy (non-hydrogen) atoms. The number of carboxylic acids is 1. The molecular formula is C22H30N6O6. The number of nitrogens with two attached hydrogens (primary N) is 1. The molecule has 8 N–H and O–H groups in total. The number of benzene rings is 1. The topological polar surface area (TPSA) is 200 Å². The highest BCUT2D eigenvalue weighted by Gasteiger charge is 2.32. The number of carboxylic acid groups (broad SMARTS) is 1. The predicted molar refractivity (Wildman–Crippen MR) is 121 cm³/mol. The second-order valence-corrected chi connectivity index (χ2v) is 7.93. The molecule has 0 spiro atoms. The maximum absolute atomic E-state index is 12.9. The Morgan fingerprint density at radius 1 is 1.00 bits per heavy atom. The second-order valence-electron chi connectivity index (χ2n) is 7.93. The van der Waals surface area contributed by atoms with E-state index < -0.39 is 54.0 Å². The Hall–Kier alpha value is -3.77. The molecule has 2 aromatic rings. The van der Waals surface area contributed by atoms with E-state index in [4.69, 9.17) is 10.8 Å². The van der Waals surface area contributed by atoms with E-state index in [1.54, 1.807) is 30.3 Å². The minimum atomic E-state index is -1.40. The first-order valence-corrected chi connectivity index (χ1v) is 10.7. The number of aliphatic hydroxyl groups is 1. The average molecular weight is 475 g/mol. The van der Waals surface area contributed by atoms with Crippen molar-refractivity contribution in [3.63, 3.8) is 0 Å². The van der Waals surface area contributed by atoms with Crippen LogP contribution in [0, 0.1) is 0 Å². The van der Waals surface area contributed by atoms with E-state index in [9.17, 15) is 24.3 Å². The van der Waals surface area contributed by atoms with Crippen molar-refractivity contribution in [2.24, 2.45) is 5.73 Å². The van der Waals surface area contributed by atoms with Gasteiger partial charge < -0.3 is 36.9 Å². The van der Waals surface area contributed by atoms with Gasteiger partial charge in [-0.1, -0.05) is 30.3 Å². The third kappa shape index (κ3) is 7.98. The number of hydrogen-bond donors (Lipinski definition) is 7. The fourth-order valence-corrected chi connectivity index (χ4v) is 3.09. The third-order valence-corrected chi connectivity index (χ3v) is 5.04. The van der Waals surface area contributed by atoms with Crippen LogP contribution in [0.25, 0.3) is 0 Å². The monoisotopic (exact) mass is 474 g/mol. The standard InChI is InChI=1S/C22H30N6O6/c1-12(22(33)34)26-20(31)17(8-14-6-4-3-5-7-14)27-21(32)18(13(2)29)28-19(30)16(23)9-15-10-24-11-25-15/h3-7,10-13,16-18,29H,8-9,23H2,1-2H3,(H,24,25)(H,26,31)(H,27,32)(H,28,30)(H,33,34). The maximum Gasteiger partial charge on any atom is 0.325 e. The van der Waals surface area contributed by atoms with Crippen LogP contribution in [0.5, 0.6) is 0 Å². The minimum Gasteiger partial charge on any atom is -0.480 e. The number of carbonyl (C=O) groups excluding carboxylic acids is 3. The van der Waals surface area contributed by atoms with Crippen molar-refractivity contribution in [2.45, 2.75) is 57.0 Å². The smallest absolute Gasteiger partial charge is 0.325 e. The number of carbonyl (C=O) groups is 4. The van der Waals surface area contributed by atoms with Crippen molar-refractivity contribution in [3.8, 4) is 0 Å². The third-order valence-electron chi connectivity index (χ3n) is 5.04. The molecule has 0 aliphatic carbocycles. The molecule has 184 valence electrons. The van der Waals surface area contributed by atoms with Crippen LogP contribution in [0.15, 0.2) is 42.9 Å². The highest BCUT2D eigenvalue weighted by molar-refractivity contribution is 5.94. The number of aromatic nitrogens is 2. The number of aromatic amines is 1. The predicted octanol–water partition coefficient (Wildman–Crippen LogP) is -1.54. The van der Waals surface area contributed by atoms with Gasteiger partial charge in [0, 0.05) is 24.7 Å². The zero-order valence-electron chi connectivity index (χ0n) is 18.9. The molecule has 0 aliphatic rings. The van der Waals surface area contributed by atoms with E-state index >= 15 is 0 Å². The van der Waals surface area contributed by atoms with Gasteiger partial charge in [-0.15, -0.1) is 0 Å². The summed E-state index contributed by atoms with van der Waals surface area (Å²) in [6.07, 6.45) is 1.84. The summed E-state index contributed by atoms with van der Waals surface area (Å²) in [6.45, 7) is 2.60. The molecule has 1 heterocycles. The SMILES string of the molecule is CC(NC(=O)C(Cc1ccccc1)NC(=O)C(NC(=O)C(N)Cc1cnc[nH]1)C(C)O)C(=O)O. The van der Waals surface area contributed by atoms with Crippen LogP contribution in [0.4, 0.5) is 0 Å². The first-order valence-electron chi connectivity index (χ1n) is 10.7. The lowest BCUT2D eigenvalue weighted by Crippen LogP contribution is -2.60. The quantitative estimate of drug-likeness (QED) is 0.192. The van der Waals surface area contributed by atoms with Gasteiger partial charge in [0.2, 0.25) is 17.7 Å². The Morgan fingerprint density at radius 3 is 2.24 bits per heavy atom. The van der Waals surface area contributed by atoms with Gasteiger partial charge in [0.15, 0.2) is 0 Å². The Labute approximate surface area is 196 Å². The van der Waals surface area contributed by atoms with Gasteiger partial charge >= 0.3 is 5.97 Å². The van der Waals surface area contributed by atoms with E-state index in [0.29, 0.717) is 11.3 Å². The summed E-state index contributed by atoms with van der Waals surface area (Å²) in [5.74, 6) is -3.47. The molecule has 3 amide bonds. The van der Waals surface area contributed by atoms with Crippen LogP contribution < -0.4 is 21.7 Å². The van der Waals surface area contributed by atoms with E-state index in [0.717, 1.165) is 0 Å². The molecule has 5 unspecified atom stereocenters. The van der Waals surface area contributed by atoms with Gasteiger partial charge in [-0.2, -0.15) is 0 Å². The largest absolute Gasteiger partial charge is 0.480 e. The molecule has 0 bridgehead atoms. The lowest BCUT2D eigenvalue weighted by molar-refractivity contribution is -0.142. The summed E-state index contributed by atoms with van der Waals surface area (Å²) < 4.78 is 0. The second kappa shape index (κ2) is 12.5. The van der Waals surface area contributed by atoms with Crippen LogP contribution in [0.3, 0.4) is 0 Å². The van der Waals surface area contributed by atoms with Crippen molar-refractivity contribution in [2.75, 3.05) is 0 Å². The fraction of sp³-hybridized carbons (Fsp3) is 0.409. The van der Waals surface area contributed by atoms with Crippen molar-refractivity contribution in [3.05, 3.63) is 54.1 Å². The Morgan fingerprint density at radius 2 is 1.68 bits per heavy atom. The summed E-state index contributed by atoms with van der Waals surface area (Å²) in [5, 5.41) is 26.4. The van der Waals surface area contributed by atoms with Gasteiger partial charge in [-0.25, -0.2) is 4.98 Å². The van der Waals surface area contributed by atoms with Crippen LogP contribution in [0.2, 0.25) is 0 Å². The number of nitrogens with zero attached hydrogens (tertiary/aromatic N) is 1. The lowest BCUT2D eigenvalue weighted by atomic mass is 10.0. The van der Waals surface area contributed by atoms with Crippen LogP contribution in [-0.4, -0.2) is 74.1 Å². The molecule has 0 fully saturated rings. The first-order chi connectivity index (χ1) is 16.1. The Balaban J connectivity index is 2.12. The number of hydrogen-bond acceptors (Lipinski definition) is 7. The van der Waals surface area contributed by atoms with E-state index in [1.165, 1.54) is 26.4 Å². The van der Waals surface area contributed by atoms with E-state index in [2.05, 4.69) is 25.9 Å². The average Bonchev–Trinajstić information content (AvgIpc) is 3.30. The highest BCUT2D eigenvalue weighted by Crippen LogP contribution is 2.06. The molecule has 2 rings (SSSR count). The molecule has 12 heteroatoms. The summed E-state index contributed by atoms with van der Waals surface area (Å²) in [5.41, 5.74) is 7.23. The van der Waals surface area contributed by atoms with Gasteiger partial charge in [-0.3, -0.25) is 19.2 Å². The van der Waals surface area contributed by atoms with E-state index in [1.807, 2.05) is 0 Å². The summed E-state index contributed by atoms with van der Waals surface area (Å²) in [4.78, 5) is 56.0. The Bertz CT molecular complexity index is 966. The van der Waals surface area contributed by atoms with Gasteiger partial charge in [0.05, 0.1) is 18.5 Å². The number of nitrogens with one attached hydrogen (secondary N) is 4. The van der Waals surface area contributed by atoms with E-state index in [-0.39, 0.29) is 12.8 Å². The normalized spacial score (nSPS) is 15.3. The number of imidazole rings is 1. The van der Waals surface area contributed by atoms with Crippen molar-refractivity contribution in [1.82, 2.24) is 25.9 Å². The van der Waals surface area contributed by atoms with Gasteiger partial charge in [0.1, 0.15) is 18.1 Å². The molecular weight excluding hydrogens is 444 g/mol. The van der Waals surface area contributed by atoms with Gasteiger partial charge in [0.25, 0.3) is 0 Å². The van der Waals surface area contributed by atoms with Crippen molar-refractivity contribution < 1.29 is 29.4 Å². The molecule has 0 aliphatic heterocycles. The maximum atomic E-state index is 12.9. The molecule has 0 radical (unpaired) electrons. The lowest BCUT2D eigenvalue weighted by Gasteiger charge is -2.26. The molecule has 0 saturated heterocycles. The summed E-state index contributed by atoms with van der Waals surface area (Å²) in [6, 6.07) is 4.03. The number of aliphatic hydroxyl groups excluding tert-OH is 1. The Kier molecular flexibility index (Phi) is 9.71. The molecule has 0 saturated carbocycles. The van der Waals surface area contributed by atoms with Crippen molar-refractivity contribution >= 4 is 23.7 Å². The van der Waals surface area contributed by atoms with Crippen LogP contribution >= 0.6 is 0 Å². The number of H-pyrrole nitrogens is 1. The van der Waals surface area contributed by atoms with Crippen LogP contribution in [-0.2, 0) is 32.0 Å². The fourth-order valence-electron chi connectivity index (χ4n) is 3.09. The number of rotatable bonds is 12. The molecule has 1 aromatic carbocycles. The molecule has 1 aromatic heterocycles.